The molecule has 2 rings (SSSR count). The maximum atomic E-state index is 11.7. The molecule has 0 fully saturated rings. The molecule has 98 valence electrons. The van der Waals surface area contributed by atoms with Gasteiger partial charge in [-0.25, -0.2) is 0 Å². The minimum atomic E-state index is -0.221. The van der Waals surface area contributed by atoms with E-state index in [1.54, 1.807) is 30.6 Å². The summed E-state index contributed by atoms with van der Waals surface area (Å²) >= 11 is 6.72. The van der Waals surface area contributed by atoms with Gasteiger partial charge in [0.05, 0.1) is 4.47 Å². The van der Waals surface area contributed by atoms with Gasteiger partial charge in [-0.1, -0.05) is 15.9 Å². The van der Waals surface area contributed by atoms with Crippen LogP contribution >= 0.6 is 31.9 Å². The molecule has 1 heterocycles. The van der Waals surface area contributed by atoms with Crippen molar-refractivity contribution in [3.8, 4) is 5.75 Å². The molecule has 1 aromatic carbocycles. The Morgan fingerprint density at radius 2 is 1.95 bits per heavy atom. The van der Waals surface area contributed by atoms with E-state index in [1.165, 1.54) is 0 Å². The Balaban J connectivity index is 1.90. The van der Waals surface area contributed by atoms with Crippen molar-refractivity contribution in [3.63, 3.8) is 0 Å². The number of rotatable bonds is 4. The van der Waals surface area contributed by atoms with Gasteiger partial charge >= 0.3 is 0 Å². The van der Waals surface area contributed by atoms with Gasteiger partial charge in [0.2, 0.25) is 0 Å². The summed E-state index contributed by atoms with van der Waals surface area (Å²) in [5, 5.41) is 2.71. The summed E-state index contributed by atoms with van der Waals surface area (Å²) < 4.78 is 7.16. The molecule has 19 heavy (non-hydrogen) atoms. The summed E-state index contributed by atoms with van der Waals surface area (Å²) in [4.78, 5) is 15.6. The zero-order valence-corrected chi connectivity index (χ0v) is 12.9. The van der Waals surface area contributed by atoms with Gasteiger partial charge in [-0.05, 0) is 46.3 Å². The van der Waals surface area contributed by atoms with E-state index < -0.39 is 0 Å². The van der Waals surface area contributed by atoms with E-state index in [0.29, 0.717) is 11.4 Å². The standard InChI is InChI=1S/C13H10Br2N2O2/c14-9-1-2-12(11(15)7-9)19-8-13(18)17-10-3-5-16-6-4-10/h1-7H,8H2,(H,16,17,18). The van der Waals surface area contributed by atoms with Crippen LogP contribution in [0.2, 0.25) is 0 Å². The normalized spacial score (nSPS) is 10.0. The zero-order valence-electron chi connectivity index (χ0n) is 9.77. The molecule has 0 bridgehead atoms. The van der Waals surface area contributed by atoms with Gasteiger partial charge in [-0.15, -0.1) is 0 Å². The topological polar surface area (TPSA) is 51.2 Å². The van der Waals surface area contributed by atoms with E-state index in [4.69, 9.17) is 4.74 Å². The Morgan fingerprint density at radius 3 is 2.63 bits per heavy atom. The second-order valence-electron chi connectivity index (χ2n) is 3.65. The van der Waals surface area contributed by atoms with Crippen molar-refractivity contribution in [2.24, 2.45) is 0 Å². The lowest BCUT2D eigenvalue weighted by Gasteiger charge is -2.09. The molecule has 0 atom stereocenters. The second-order valence-corrected chi connectivity index (χ2v) is 5.42. The molecule has 0 saturated carbocycles. The van der Waals surface area contributed by atoms with Crippen molar-refractivity contribution < 1.29 is 9.53 Å². The molecule has 1 N–H and O–H groups in total. The largest absolute Gasteiger partial charge is 0.483 e. The Labute approximate surface area is 127 Å². The monoisotopic (exact) mass is 384 g/mol. The third-order valence-corrected chi connectivity index (χ3v) is 3.33. The highest BCUT2D eigenvalue weighted by Crippen LogP contribution is 2.28. The van der Waals surface area contributed by atoms with Crippen molar-refractivity contribution in [2.45, 2.75) is 0 Å². The van der Waals surface area contributed by atoms with E-state index in [0.717, 1.165) is 8.95 Å². The molecule has 1 amide bonds. The summed E-state index contributed by atoms with van der Waals surface area (Å²) in [7, 11) is 0. The van der Waals surface area contributed by atoms with E-state index >= 15 is 0 Å². The summed E-state index contributed by atoms with van der Waals surface area (Å²) in [5.41, 5.74) is 0.693. The van der Waals surface area contributed by atoms with Crippen LogP contribution in [0.3, 0.4) is 0 Å². The fraction of sp³-hybridized carbons (Fsp3) is 0.0769. The molecule has 2 aromatic rings. The van der Waals surface area contributed by atoms with Crippen LogP contribution in [0.1, 0.15) is 0 Å². The number of carbonyl (C=O) groups excluding carboxylic acids is 1. The molecule has 0 aliphatic rings. The maximum Gasteiger partial charge on any atom is 0.262 e. The summed E-state index contributed by atoms with van der Waals surface area (Å²) in [6.45, 7) is -0.0530. The van der Waals surface area contributed by atoms with E-state index in [9.17, 15) is 4.79 Å². The molecule has 0 aliphatic carbocycles. The van der Waals surface area contributed by atoms with Crippen LogP contribution in [0.4, 0.5) is 5.69 Å². The zero-order chi connectivity index (χ0) is 13.7. The predicted molar refractivity (Wildman–Crippen MR) is 80.2 cm³/mol. The number of anilines is 1. The quantitative estimate of drug-likeness (QED) is 0.874. The third-order valence-electron chi connectivity index (χ3n) is 2.22. The minimum absolute atomic E-state index is 0.0530. The van der Waals surface area contributed by atoms with Crippen LogP contribution < -0.4 is 10.1 Å². The van der Waals surface area contributed by atoms with Gasteiger partial charge in [-0.2, -0.15) is 0 Å². The smallest absolute Gasteiger partial charge is 0.262 e. The molecule has 1 aromatic heterocycles. The first-order valence-corrected chi connectivity index (χ1v) is 7.01. The number of ether oxygens (including phenoxy) is 1. The molecule has 0 saturated heterocycles. The maximum absolute atomic E-state index is 11.7. The third kappa shape index (κ3) is 4.33. The fourth-order valence-corrected chi connectivity index (χ4v) is 2.53. The highest BCUT2D eigenvalue weighted by molar-refractivity contribution is 9.11. The van der Waals surface area contributed by atoms with Gasteiger partial charge in [0, 0.05) is 22.6 Å². The van der Waals surface area contributed by atoms with Gasteiger partial charge in [-0.3, -0.25) is 9.78 Å². The van der Waals surface area contributed by atoms with Gasteiger partial charge < -0.3 is 10.1 Å². The lowest BCUT2D eigenvalue weighted by Crippen LogP contribution is -2.20. The predicted octanol–water partition coefficient (Wildman–Crippen LogP) is 3.62. The number of pyridine rings is 1. The number of halogens is 2. The number of hydrogen-bond donors (Lipinski definition) is 1. The van der Waals surface area contributed by atoms with Crippen LogP contribution in [-0.2, 0) is 4.79 Å². The van der Waals surface area contributed by atoms with Crippen LogP contribution in [0.25, 0.3) is 0 Å². The number of nitrogens with zero attached hydrogens (tertiary/aromatic N) is 1. The number of carbonyl (C=O) groups is 1. The number of hydrogen-bond acceptors (Lipinski definition) is 3. The van der Waals surface area contributed by atoms with Crippen molar-refractivity contribution in [2.75, 3.05) is 11.9 Å². The van der Waals surface area contributed by atoms with Crippen molar-refractivity contribution in [1.29, 1.82) is 0 Å². The number of amides is 1. The second kappa shape index (κ2) is 6.68. The molecular weight excluding hydrogens is 376 g/mol. The highest BCUT2D eigenvalue weighted by Gasteiger charge is 2.06. The molecular formula is C13H10Br2N2O2. The number of benzene rings is 1. The van der Waals surface area contributed by atoms with Crippen molar-refractivity contribution in [1.82, 2.24) is 4.98 Å². The highest BCUT2D eigenvalue weighted by atomic mass is 79.9. The fourth-order valence-electron chi connectivity index (χ4n) is 1.37. The average Bonchev–Trinajstić information content (AvgIpc) is 2.39. The van der Waals surface area contributed by atoms with E-state index in [2.05, 4.69) is 42.2 Å². The SMILES string of the molecule is O=C(COc1ccc(Br)cc1Br)Nc1ccncc1. The molecule has 6 heteroatoms. The number of aromatic nitrogens is 1. The van der Waals surface area contributed by atoms with Crippen LogP contribution in [0.5, 0.6) is 5.75 Å². The van der Waals surface area contributed by atoms with Crippen molar-refractivity contribution in [3.05, 3.63) is 51.7 Å². The Hall–Kier alpha value is -1.40. The number of nitrogens with one attached hydrogen (secondary N) is 1. The lowest BCUT2D eigenvalue weighted by molar-refractivity contribution is -0.118. The summed E-state index contributed by atoms with van der Waals surface area (Å²) in [6.07, 6.45) is 3.23. The average molecular weight is 386 g/mol. The molecule has 0 unspecified atom stereocenters. The summed E-state index contributed by atoms with van der Waals surface area (Å²) in [5.74, 6) is 0.397. The van der Waals surface area contributed by atoms with Crippen LogP contribution in [0.15, 0.2) is 51.7 Å². The first-order chi connectivity index (χ1) is 9.15. The first-order valence-electron chi connectivity index (χ1n) is 5.43. The Bertz CT molecular complexity index is 576. The van der Waals surface area contributed by atoms with E-state index in [-0.39, 0.29) is 12.5 Å². The van der Waals surface area contributed by atoms with Crippen LogP contribution in [0, 0.1) is 0 Å². The van der Waals surface area contributed by atoms with Gasteiger partial charge in [0.15, 0.2) is 6.61 Å². The molecule has 0 spiro atoms. The molecule has 4 nitrogen and oxygen atoms in total. The van der Waals surface area contributed by atoms with Gasteiger partial charge in [0.25, 0.3) is 5.91 Å². The minimum Gasteiger partial charge on any atom is -0.483 e. The molecule has 0 radical (unpaired) electrons. The van der Waals surface area contributed by atoms with Gasteiger partial charge in [0.1, 0.15) is 5.75 Å². The van der Waals surface area contributed by atoms with E-state index in [1.807, 2.05) is 12.1 Å². The summed E-state index contributed by atoms with van der Waals surface area (Å²) in [6, 6.07) is 8.92. The lowest BCUT2D eigenvalue weighted by atomic mass is 10.3. The van der Waals surface area contributed by atoms with Crippen LogP contribution in [-0.4, -0.2) is 17.5 Å². The van der Waals surface area contributed by atoms with Crippen molar-refractivity contribution >= 4 is 43.5 Å². The Morgan fingerprint density at radius 1 is 1.21 bits per heavy atom. The first kappa shape index (κ1) is 14.0. The Kier molecular flexibility index (Phi) is 4.93. The molecule has 0 aliphatic heterocycles.